The van der Waals surface area contributed by atoms with Crippen molar-refractivity contribution in [1.29, 1.82) is 0 Å². The van der Waals surface area contributed by atoms with E-state index in [0.29, 0.717) is 12.0 Å². The fourth-order valence-electron chi connectivity index (χ4n) is 3.05. The van der Waals surface area contributed by atoms with Gasteiger partial charge in [-0.1, -0.05) is 42.5 Å². The molecular formula is C18H16O4. The molecule has 112 valence electrons. The van der Waals surface area contributed by atoms with Crippen molar-refractivity contribution in [1.82, 2.24) is 0 Å². The standard InChI is InChI=1S/C18H16O4/c1-22-16(19)13-9-7-12(8-10-13)15-11-18(15,17(20)21)14-5-3-2-4-6-14/h2-10,15H,11H2,1H3,(H,20,21)/t15-,18+/m0/s1. The third-order valence-electron chi connectivity index (χ3n) is 4.37. The molecule has 0 aliphatic heterocycles. The van der Waals surface area contributed by atoms with Crippen LogP contribution in [-0.2, 0) is 14.9 Å². The molecule has 0 radical (unpaired) electrons. The Kier molecular flexibility index (Phi) is 3.45. The van der Waals surface area contributed by atoms with Gasteiger partial charge in [-0.2, -0.15) is 0 Å². The average Bonchev–Trinajstić information content (AvgIpc) is 3.32. The highest BCUT2D eigenvalue weighted by Gasteiger charge is 2.62. The summed E-state index contributed by atoms with van der Waals surface area (Å²) in [4.78, 5) is 23.3. The Labute approximate surface area is 128 Å². The zero-order valence-electron chi connectivity index (χ0n) is 12.2. The summed E-state index contributed by atoms with van der Waals surface area (Å²) in [5.74, 6) is -1.27. The molecule has 0 bridgehead atoms. The van der Waals surface area contributed by atoms with E-state index in [1.807, 2.05) is 42.5 Å². The molecule has 2 aromatic carbocycles. The molecular weight excluding hydrogens is 280 g/mol. The summed E-state index contributed by atoms with van der Waals surface area (Å²) >= 11 is 0. The molecule has 1 aliphatic rings. The summed E-state index contributed by atoms with van der Waals surface area (Å²) in [6.07, 6.45) is 0.573. The van der Waals surface area contributed by atoms with Gasteiger partial charge in [-0.3, -0.25) is 4.79 Å². The molecule has 2 aromatic rings. The molecule has 0 saturated heterocycles. The Balaban J connectivity index is 1.91. The van der Waals surface area contributed by atoms with Crippen LogP contribution in [0.1, 0.15) is 33.8 Å². The lowest BCUT2D eigenvalue weighted by Gasteiger charge is -2.13. The van der Waals surface area contributed by atoms with Gasteiger partial charge in [-0.25, -0.2) is 4.79 Å². The molecule has 1 saturated carbocycles. The van der Waals surface area contributed by atoms with Crippen LogP contribution in [0.15, 0.2) is 54.6 Å². The first-order valence-corrected chi connectivity index (χ1v) is 7.07. The molecule has 0 unspecified atom stereocenters. The number of esters is 1. The molecule has 0 amide bonds. The predicted molar refractivity (Wildman–Crippen MR) is 80.9 cm³/mol. The first kappa shape index (κ1) is 14.3. The van der Waals surface area contributed by atoms with Gasteiger partial charge in [0.15, 0.2) is 0 Å². The number of benzene rings is 2. The van der Waals surface area contributed by atoms with Gasteiger partial charge in [-0.15, -0.1) is 0 Å². The van der Waals surface area contributed by atoms with E-state index >= 15 is 0 Å². The molecule has 2 atom stereocenters. The van der Waals surface area contributed by atoms with Crippen molar-refractivity contribution < 1.29 is 19.4 Å². The topological polar surface area (TPSA) is 63.6 Å². The van der Waals surface area contributed by atoms with Crippen LogP contribution < -0.4 is 0 Å². The summed E-state index contributed by atoms with van der Waals surface area (Å²) in [6.45, 7) is 0. The van der Waals surface area contributed by atoms with Gasteiger partial charge < -0.3 is 9.84 Å². The highest BCUT2D eigenvalue weighted by molar-refractivity contribution is 5.90. The van der Waals surface area contributed by atoms with Gasteiger partial charge in [0.1, 0.15) is 5.41 Å². The maximum absolute atomic E-state index is 11.8. The van der Waals surface area contributed by atoms with Crippen molar-refractivity contribution in [3.8, 4) is 0 Å². The third kappa shape index (κ3) is 2.17. The molecule has 1 fully saturated rings. The fraction of sp³-hybridized carbons (Fsp3) is 0.222. The predicted octanol–water partition coefficient (Wildman–Crippen LogP) is 2.98. The van der Waals surface area contributed by atoms with E-state index in [-0.39, 0.29) is 5.92 Å². The SMILES string of the molecule is COC(=O)c1ccc([C@@H]2C[C@@]2(C(=O)O)c2ccccc2)cc1. The van der Waals surface area contributed by atoms with Crippen LogP contribution in [0.25, 0.3) is 0 Å². The summed E-state index contributed by atoms with van der Waals surface area (Å²) < 4.78 is 4.67. The number of carboxylic acids is 1. The molecule has 0 heterocycles. The maximum Gasteiger partial charge on any atom is 0.337 e. The van der Waals surface area contributed by atoms with Crippen LogP contribution in [0.3, 0.4) is 0 Å². The van der Waals surface area contributed by atoms with Crippen LogP contribution in [0, 0.1) is 0 Å². The van der Waals surface area contributed by atoms with Crippen LogP contribution in [0.2, 0.25) is 0 Å². The van der Waals surface area contributed by atoms with Crippen molar-refractivity contribution in [2.45, 2.75) is 17.8 Å². The van der Waals surface area contributed by atoms with Gasteiger partial charge in [0.05, 0.1) is 12.7 Å². The van der Waals surface area contributed by atoms with E-state index in [9.17, 15) is 14.7 Å². The monoisotopic (exact) mass is 296 g/mol. The van der Waals surface area contributed by atoms with Crippen molar-refractivity contribution in [3.05, 3.63) is 71.3 Å². The van der Waals surface area contributed by atoms with Gasteiger partial charge >= 0.3 is 11.9 Å². The normalized spacial score (nSPS) is 22.9. The number of carbonyl (C=O) groups excluding carboxylic acids is 1. The first-order chi connectivity index (χ1) is 10.6. The lowest BCUT2D eigenvalue weighted by molar-refractivity contribution is -0.140. The summed E-state index contributed by atoms with van der Waals surface area (Å²) in [7, 11) is 1.34. The number of hydrogen-bond donors (Lipinski definition) is 1. The second kappa shape index (κ2) is 5.30. The van der Waals surface area contributed by atoms with Crippen molar-refractivity contribution in [2.75, 3.05) is 7.11 Å². The van der Waals surface area contributed by atoms with E-state index in [4.69, 9.17) is 0 Å². The lowest BCUT2D eigenvalue weighted by atomic mass is 9.90. The summed E-state index contributed by atoms with van der Waals surface area (Å²) in [5, 5.41) is 9.70. The molecule has 22 heavy (non-hydrogen) atoms. The second-order valence-electron chi connectivity index (χ2n) is 5.51. The molecule has 4 nitrogen and oxygen atoms in total. The Bertz CT molecular complexity index is 706. The Morgan fingerprint density at radius 2 is 1.73 bits per heavy atom. The quantitative estimate of drug-likeness (QED) is 0.881. The van der Waals surface area contributed by atoms with Crippen LogP contribution >= 0.6 is 0 Å². The minimum atomic E-state index is -0.853. The summed E-state index contributed by atoms with van der Waals surface area (Å²) in [6, 6.07) is 16.3. The largest absolute Gasteiger partial charge is 0.481 e. The summed E-state index contributed by atoms with van der Waals surface area (Å²) in [5.41, 5.74) is 1.37. The van der Waals surface area contributed by atoms with E-state index in [0.717, 1.165) is 11.1 Å². The Hall–Kier alpha value is -2.62. The molecule has 1 aliphatic carbocycles. The van der Waals surface area contributed by atoms with E-state index in [2.05, 4.69) is 4.74 Å². The highest BCUT2D eigenvalue weighted by Crippen LogP contribution is 2.60. The number of methoxy groups -OCH3 is 1. The van der Waals surface area contributed by atoms with Crippen molar-refractivity contribution >= 4 is 11.9 Å². The number of carboxylic acid groups (broad SMARTS) is 1. The fourth-order valence-corrected chi connectivity index (χ4v) is 3.05. The highest BCUT2D eigenvalue weighted by atomic mass is 16.5. The second-order valence-corrected chi connectivity index (χ2v) is 5.51. The van der Waals surface area contributed by atoms with Crippen molar-refractivity contribution in [2.24, 2.45) is 0 Å². The molecule has 3 rings (SSSR count). The Morgan fingerprint density at radius 1 is 1.09 bits per heavy atom. The van der Waals surface area contributed by atoms with E-state index in [1.54, 1.807) is 12.1 Å². The first-order valence-electron chi connectivity index (χ1n) is 7.07. The number of rotatable bonds is 4. The number of ether oxygens (including phenoxy) is 1. The van der Waals surface area contributed by atoms with Crippen LogP contribution in [0.5, 0.6) is 0 Å². The third-order valence-corrected chi connectivity index (χ3v) is 4.37. The van der Waals surface area contributed by atoms with Gasteiger partial charge in [0.25, 0.3) is 0 Å². The van der Waals surface area contributed by atoms with Gasteiger partial charge in [-0.05, 0) is 29.7 Å². The number of carbonyl (C=O) groups is 2. The van der Waals surface area contributed by atoms with Crippen LogP contribution in [-0.4, -0.2) is 24.2 Å². The van der Waals surface area contributed by atoms with Crippen LogP contribution in [0.4, 0.5) is 0 Å². The molecule has 0 spiro atoms. The smallest absolute Gasteiger partial charge is 0.337 e. The minimum Gasteiger partial charge on any atom is -0.481 e. The lowest BCUT2D eigenvalue weighted by Crippen LogP contribution is -2.22. The number of aliphatic carboxylic acids is 1. The Morgan fingerprint density at radius 3 is 2.27 bits per heavy atom. The zero-order valence-corrected chi connectivity index (χ0v) is 12.2. The average molecular weight is 296 g/mol. The van der Waals surface area contributed by atoms with E-state index in [1.165, 1.54) is 7.11 Å². The molecule has 1 N–H and O–H groups in total. The van der Waals surface area contributed by atoms with E-state index < -0.39 is 17.4 Å². The zero-order chi connectivity index (χ0) is 15.7. The van der Waals surface area contributed by atoms with Gasteiger partial charge in [0.2, 0.25) is 0 Å². The minimum absolute atomic E-state index is 0.0703. The maximum atomic E-state index is 11.8. The van der Waals surface area contributed by atoms with Crippen molar-refractivity contribution in [3.63, 3.8) is 0 Å². The van der Waals surface area contributed by atoms with Gasteiger partial charge in [0, 0.05) is 5.92 Å². The number of hydrogen-bond acceptors (Lipinski definition) is 3. The molecule has 4 heteroatoms. The molecule has 0 aromatic heterocycles.